The molecule has 1 saturated heterocycles. The van der Waals surface area contributed by atoms with E-state index in [0.29, 0.717) is 23.2 Å². The molecule has 1 aromatic heterocycles. The first-order valence-corrected chi connectivity index (χ1v) is 8.34. The number of carbonyl (C=O) groups excluding carboxylic acids is 1. The zero-order valence-electron chi connectivity index (χ0n) is 12.8. The third-order valence-corrected chi connectivity index (χ3v) is 4.71. The maximum absolute atomic E-state index is 12.1. The molecule has 0 aliphatic carbocycles. The van der Waals surface area contributed by atoms with Gasteiger partial charge >= 0.3 is 0 Å². The molecular formula is C14H25N5OS. The largest absolute Gasteiger partial charge is 0.382 e. The van der Waals surface area contributed by atoms with Gasteiger partial charge < -0.3 is 21.7 Å². The van der Waals surface area contributed by atoms with Crippen LogP contribution in [0.15, 0.2) is 0 Å². The van der Waals surface area contributed by atoms with E-state index < -0.39 is 0 Å². The van der Waals surface area contributed by atoms with Gasteiger partial charge in [-0.05, 0) is 25.2 Å². The number of carbonyl (C=O) groups is 1. The Morgan fingerprint density at radius 2 is 2.33 bits per heavy atom. The Hall–Kier alpha value is -1.34. The lowest BCUT2D eigenvalue weighted by Crippen LogP contribution is -2.42. The second-order valence-corrected chi connectivity index (χ2v) is 6.98. The lowest BCUT2D eigenvalue weighted by atomic mass is 10.1. The molecule has 0 bridgehead atoms. The van der Waals surface area contributed by atoms with E-state index in [9.17, 15) is 4.79 Å². The normalized spacial score (nSPS) is 19.0. The van der Waals surface area contributed by atoms with Gasteiger partial charge in [-0.15, -0.1) is 0 Å². The van der Waals surface area contributed by atoms with Crippen LogP contribution in [0.3, 0.4) is 0 Å². The van der Waals surface area contributed by atoms with Crippen LogP contribution in [-0.2, 0) is 0 Å². The van der Waals surface area contributed by atoms with E-state index in [2.05, 4.69) is 29.0 Å². The number of thiazole rings is 1. The van der Waals surface area contributed by atoms with E-state index in [-0.39, 0.29) is 11.9 Å². The summed E-state index contributed by atoms with van der Waals surface area (Å²) >= 11 is 1.36. The van der Waals surface area contributed by atoms with Crippen LogP contribution >= 0.6 is 11.3 Å². The van der Waals surface area contributed by atoms with Gasteiger partial charge in [0.25, 0.3) is 5.91 Å². The standard InChI is InChI=1S/C14H25N5OS/c1-9(2)5-6-17-13(20)11-12(16)18-14(21-11)19-7-3-4-10(15)8-19/h9-10H,3-8,15-16H2,1-2H3,(H,17,20). The zero-order chi connectivity index (χ0) is 15.4. The van der Waals surface area contributed by atoms with Crippen LogP contribution in [-0.4, -0.2) is 36.6 Å². The molecule has 0 aromatic carbocycles. The first-order chi connectivity index (χ1) is 9.97. The number of piperidine rings is 1. The first-order valence-electron chi connectivity index (χ1n) is 7.52. The summed E-state index contributed by atoms with van der Waals surface area (Å²) in [5.74, 6) is 0.754. The van der Waals surface area contributed by atoms with Crippen molar-refractivity contribution in [2.45, 2.75) is 39.2 Å². The quantitative estimate of drug-likeness (QED) is 0.764. The number of amides is 1. The van der Waals surface area contributed by atoms with Gasteiger partial charge in [0.15, 0.2) is 5.13 Å². The number of nitrogen functional groups attached to an aromatic ring is 1. The van der Waals surface area contributed by atoms with Crippen molar-refractivity contribution in [3.63, 3.8) is 0 Å². The van der Waals surface area contributed by atoms with Gasteiger partial charge in [0, 0.05) is 25.7 Å². The molecule has 7 heteroatoms. The molecule has 1 fully saturated rings. The monoisotopic (exact) mass is 311 g/mol. The molecule has 1 aliphatic rings. The lowest BCUT2D eigenvalue weighted by Gasteiger charge is -2.30. The fourth-order valence-electron chi connectivity index (χ4n) is 2.36. The molecule has 1 amide bonds. The van der Waals surface area contributed by atoms with Crippen LogP contribution in [0.4, 0.5) is 10.9 Å². The molecule has 1 aromatic rings. The van der Waals surface area contributed by atoms with Crippen molar-refractivity contribution >= 4 is 28.2 Å². The van der Waals surface area contributed by atoms with Crippen molar-refractivity contribution in [2.75, 3.05) is 30.3 Å². The third kappa shape index (κ3) is 4.31. The Balaban J connectivity index is 1.99. The number of nitrogens with zero attached hydrogens (tertiary/aromatic N) is 2. The highest BCUT2D eigenvalue weighted by Crippen LogP contribution is 2.29. The maximum Gasteiger partial charge on any atom is 0.265 e. The summed E-state index contributed by atoms with van der Waals surface area (Å²) < 4.78 is 0. The van der Waals surface area contributed by atoms with Gasteiger partial charge in [0.2, 0.25) is 0 Å². The molecule has 1 unspecified atom stereocenters. The molecule has 1 atom stereocenters. The van der Waals surface area contributed by atoms with Crippen LogP contribution < -0.4 is 21.7 Å². The Morgan fingerprint density at radius 3 is 3.00 bits per heavy atom. The molecule has 118 valence electrons. The minimum Gasteiger partial charge on any atom is -0.382 e. The number of anilines is 2. The number of rotatable bonds is 5. The van der Waals surface area contributed by atoms with Gasteiger partial charge in [0.1, 0.15) is 10.7 Å². The summed E-state index contributed by atoms with van der Waals surface area (Å²) in [5, 5.41) is 3.71. The van der Waals surface area contributed by atoms with Crippen LogP contribution in [0.1, 0.15) is 42.8 Å². The zero-order valence-corrected chi connectivity index (χ0v) is 13.6. The Labute approximate surface area is 129 Å². The number of nitrogens with one attached hydrogen (secondary N) is 1. The second kappa shape index (κ2) is 7.09. The Bertz CT molecular complexity index is 488. The van der Waals surface area contributed by atoms with E-state index in [1.54, 1.807) is 0 Å². The number of aromatic nitrogens is 1. The van der Waals surface area contributed by atoms with E-state index >= 15 is 0 Å². The minimum atomic E-state index is -0.127. The maximum atomic E-state index is 12.1. The highest BCUT2D eigenvalue weighted by molar-refractivity contribution is 7.18. The minimum absolute atomic E-state index is 0.127. The number of nitrogens with two attached hydrogens (primary N) is 2. The van der Waals surface area contributed by atoms with Gasteiger partial charge in [-0.1, -0.05) is 25.2 Å². The summed E-state index contributed by atoms with van der Waals surface area (Å²) in [5.41, 5.74) is 11.9. The molecule has 0 spiro atoms. The van der Waals surface area contributed by atoms with Gasteiger partial charge in [0.05, 0.1) is 0 Å². The molecule has 0 radical (unpaired) electrons. The summed E-state index contributed by atoms with van der Waals surface area (Å²) in [6.07, 6.45) is 3.05. The van der Waals surface area contributed by atoms with E-state index in [0.717, 1.165) is 37.5 Å². The average Bonchev–Trinajstić information content (AvgIpc) is 2.80. The fraction of sp³-hybridized carbons (Fsp3) is 0.714. The molecule has 2 rings (SSSR count). The van der Waals surface area contributed by atoms with Crippen molar-refractivity contribution in [1.82, 2.24) is 10.3 Å². The van der Waals surface area contributed by atoms with Crippen LogP contribution in [0.2, 0.25) is 0 Å². The van der Waals surface area contributed by atoms with Crippen molar-refractivity contribution < 1.29 is 4.79 Å². The van der Waals surface area contributed by atoms with Crippen molar-refractivity contribution in [1.29, 1.82) is 0 Å². The predicted octanol–water partition coefficient (Wildman–Crippen LogP) is 1.43. The van der Waals surface area contributed by atoms with Gasteiger partial charge in [-0.25, -0.2) is 4.98 Å². The van der Waals surface area contributed by atoms with Crippen molar-refractivity contribution in [3.8, 4) is 0 Å². The lowest BCUT2D eigenvalue weighted by molar-refractivity contribution is 0.0956. The van der Waals surface area contributed by atoms with Crippen LogP contribution in [0.25, 0.3) is 0 Å². The molecule has 6 nitrogen and oxygen atoms in total. The highest BCUT2D eigenvalue weighted by atomic mass is 32.1. The molecule has 5 N–H and O–H groups in total. The van der Waals surface area contributed by atoms with Gasteiger partial charge in [-0.2, -0.15) is 0 Å². The number of hydrogen-bond donors (Lipinski definition) is 3. The average molecular weight is 311 g/mol. The predicted molar refractivity (Wildman–Crippen MR) is 87.7 cm³/mol. The summed E-state index contributed by atoms with van der Waals surface area (Å²) in [7, 11) is 0. The van der Waals surface area contributed by atoms with E-state index in [1.165, 1.54) is 11.3 Å². The Kier molecular flexibility index (Phi) is 5.41. The summed E-state index contributed by atoms with van der Waals surface area (Å²) in [6, 6.07) is 0.173. The Morgan fingerprint density at radius 1 is 1.57 bits per heavy atom. The van der Waals surface area contributed by atoms with E-state index in [4.69, 9.17) is 11.5 Å². The summed E-state index contributed by atoms with van der Waals surface area (Å²) in [6.45, 7) is 6.63. The summed E-state index contributed by atoms with van der Waals surface area (Å²) in [4.78, 5) is 19.1. The topological polar surface area (TPSA) is 97.3 Å². The SMILES string of the molecule is CC(C)CCNC(=O)c1sc(N2CCCC(N)C2)nc1N. The van der Waals surface area contributed by atoms with Crippen LogP contribution in [0, 0.1) is 5.92 Å². The smallest absolute Gasteiger partial charge is 0.265 e. The second-order valence-electron chi connectivity index (χ2n) is 6.00. The number of hydrogen-bond acceptors (Lipinski definition) is 6. The molecule has 0 saturated carbocycles. The molecular weight excluding hydrogens is 286 g/mol. The fourth-order valence-corrected chi connectivity index (χ4v) is 3.29. The van der Waals surface area contributed by atoms with E-state index in [1.807, 2.05) is 0 Å². The van der Waals surface area contributed by atoms with Crippen molar-refractivity contribution in [3.05, 3.63) is 4.88 Å². The molecule has 21 heavy (non-hydrogen) atoms. The van der Waals surface area contributed by atoms with Gasteiger partial charge in [-0.3, -0.25) is 4.79 Å². The van der Waals surface area contributed by atoms with Crippen molar-refractivity contribution in [2.24, 2.45) is 11.7 Å². The molecule has 1 aliphatic heterocycles. The highest BCUT2D eigenvalue weighted by Gasteiger charge is 2.23. The first kappa shape index (κ1) is 16.0. The third-order valence-electron chi connectivity index (χ3n) is 3.58. The molecule has 2 heterocycles. The van der Waals surface area contributed by atoms with Crippen LogP contribution in [0.5, 0.6) is 0 Å².